The second-order valence-corrected chi connectivity index (χ2v) is 9.54. The van der Waals surface area contributed by atoms with E-state index >= 15 is 0 Å². The van der Waals surface area contributed by atoms with Crippen LogP contribution in [-0.2, 0) is 23.9 Å². The maximum absolute atomic E-state index is 12.6. The molecule has 4 N–H and O–H groups in total. The van der Waals surface area contributed by atoms with Crippen molar-refractivity contribution < 1.29 is 39.2 Å². The number of amides is 2. The number of carboxylic acid groups (broad SMARTS) is 1. The summed E-state index contributed by atoms with van der Waals surface area (Å²) in [5, 5.41) is 32.3. The highest BCUT2D eigenvalue weighted by Gasteiger charge is 2.27. The molecule has 1 saturated heterocycles. The molecule has 1 rings (SSSR count). The maximum Gasteiger partial charge on any atom is 0.327 e. The number of aliphatic hydroxyl groups excluding tert-OH is 2. The van der Waals surface area contributed by atoms with Gasteiger partial charge in [0, 0.05) is 44.3 Å². The Kier molecular flexibility index (Phi) is 14.1. The summed E-state index contributed by atoms with van der Waals surface area (Å²) in [6.07, 6.45) is 8.60. The second-order valence-electron chi connectivity index (χ2n) is 9.54. The fourth-order valence-corrected chi connectivity index (χ4v) is 4.27. The monoisotopic (exact) mass is 507 g/mol. The smallest absolute Gasteiger partial charge is 0.327 e. The number of rotatable bonds is 16. The number of aliphatic hydroxyl groups is 2. The Balaban J connectivity index is 2.57. The number of ether oxygens (including phenoxy) is 1. The number of nitrogens with one attached hydrogen (secondary N) is 1. The summed E-state index contributed by atoms with van der Waals surface area (Å²) in [5.74, 6) is -2.68. The van der Waals surface area contributed by atoms with E-state index in [4.69, 9.17) is 9.84 Å². The zero-order chi connectivity index (χ0) is 27.3. The topological polar surface area (TPSA) is 150 Å². The third kappa shape index (κ3) is 11.4. The van der Waals surface area contributed by atoms with E-state index in [1.54, 1.807) is 39.0 Å². The highest BCUT2D eigenvalue weighted by Crippen LogP contribution is 2.23. The lowest BCUT2D eigenvalue weighted by molar-refractivity contribution is -0.135. The molecular weight excluding hydrogens is 466 g/mol. The van der Waals surface area contributed by atoms with Gasteiger partial charge in [0.2, 0.25) is 11.8 Å². The number of carbonyl (C=O) groups is 4. The SMILES string of the molecule is CO[C@@H](/C=C/CC/C=C/C(=O)O)[C@H](O)[C@@H](C)/C=C(\C)[C@H](O)[C@@H](C)C(=O)CCCC1CC(=O)NC(=O)C1. The molecule has 202 valence electrons. The number of hydrogen-bond acceptors (Lipinski definition) is 7. The van der Waals surface area contributed by atoms with Crippen LogP contribution >= 0.6 is 0 Å². The molecule has 1 heterocycles. The quantitative estimate of drug-likeness (QED) is 0.108. The van der Waals surface area contributed by atoms with Crippen molar-refractivity contribution in [2.24, 2.45) is 17.8 Å². The Hall–Kier alpha value is -2.62. The van der Waals surface area contributed by atoms with Gasteiger partial charge in [-0.15, -0.1) is 0 Å². The van der Waals surface area contributed by atoms with Crippen molar-refractivity contribution >= 4 is 23.6 Å². The zero-order valence-electron chi connectivity index (χ0n) is 21.7. The number of unbranched alkanes of at least 4 members (excludes halogenated alkanes) is 1. The van der Waals surface area contributed by atoms with E-state index in [9.17, 15) is 29.4 Å². The lowest BCUT2D eigenvalue weighted by Gasteiger charge is -2.25. The van der Waals surface area contributed by atoms with Gasteiger partial charge in [0.15, 0.2) is 0 Å². The Morgan fingerprint density at radius 1 is 1.11 bits per heavy atom. The highest BCUT2D eigenvalue weighted by molar-refractivity contribution is 5.97. The van der Waals surface area contributed by atoms with E-state index in [2.05, 4.69) is 5.32 Å². The average Bonchev–Trinajstić information content (AvgIpc) is 2.81. The molecule has 9 heteroatoms. The van der Waals surface area contributed by atoms with Crippen molar-refractivity contribution in [3.05, 3.63) is 36.0 Å². The van der Waals surface area contributed by atoms with Crippen LogP contribution in [0.1, 0.15) is 65.7 Å². The summed E-state index contributed by atoms with van der Waals surface area (Å²) < 4.78 is 5.37. The third-order valence-electron chi connectivity index (χ3n) is 6.47. The first kappa shape index (κ1) is 31.4. The van der Waals surface area contributed by atoms with Gasteiger partial charge in [-0.3, -0.25) is 19.7 Å². The first-order valence-electron chi connectivity index (χ1n) is 12.4. The molecule has 1 aliphatic heterocycles. The fraction of sp³-hybridized carbons (Fsp3) is 0.630. The molecule has 36 heavy (non-hydrogen) atoms. The van der Waals surface area contributed by atoms with Crippen molar-refractivity contribution in [3.8, 4) is 0 Å². The van der Waals surface area contributed by atoms with Gasteiger partial charge in [0.25, 0.3) is 0 Å². The molecule has 0 aromatic heterocycles. The normalized spacial score (nSPS) is 19.8. The number of allylic oxidation sites excluding steroid dienone is 2. The summed E-state index contributed by atoms with van der Waals surface area (Å²) in [5.41, 5.74) is 0.578. The van der Waals surface area contributed by atoms with Crippen molar-refractivity contribution in [2.75, 3.05) is 7.11 Å². The molecule has 0 aliphatic carbocycles. The van der Waals surface area contributed by atoms with Gasteiger partial charge in [0.05, 0.1) is 12.2 Å². The van der Waals surface area contributed by atoms with E-state index in [0.717, 1.165) is 6.08 Å². The van der Waals surface area contributed by atoms with Crippen LogP contribution in [0.2, 0.25) is 0 Å². The molecule has 0 saturated carbocycles. The number of aliphatic carboxylic acids is 1. The minimum absolute atomic E-state index is 0.0489. The predicted molar refractivity (Wildman–Crippen MR) is 135 cm³/mol. The van der Waals surface area contributed by atoms with Crippen molar-refractivity contribution in [1.29, 1.82) is 0 Å². The molecule has 0 radical (unpaired) electrons. The summed E-state index contributed by atoms with van der Waals surface area (Å²) in [7, 11) is 1.48. The summed E-state index contributed by atoms with van der Waals surface area (Å²) in [6, 6.07) is 0. The standard InChI is InChI=1S/C27H41NO8/c1-17(14-18(2)27(35)22(36-4)12-7-5-6-8-13-25(32)33)26(34)19(3)21(29)11-9-10-20-15-23(30)28-24(31)16-20/h7-8,12-14,18-20,22,26-27,34-35H,5-6,9-11,15-16H2,1-4H3,(H,32,33)(H,28,30,31)/b12-7+,13-8+,17-14+/t18-,19-,22-,26-,27+/m0/s1. The van der Waals surface area contributed by atoms with Crippen LogP contribution in [0.3, 0.4) is 0 Å². The molecule has 1 aliphatic rings. The maximum atomic E-state index is 12.6. The average molecular weight is 508 g/mol. The molecule has 0 bridgehead atoms. The number of piperidine rings is 1. The van der Waals surface area contributed by atoms with Gasteiger partial charge in [0.1, 0.15) is 11.9 Å². The Morgan fingerprint density at radius 3 is 2.31 bits per heavy atom. The molecule has 1 fully saturated rings. The van der Waals surface area contributed by atoms with Crippen molar-refractivity contribution in [1.82, 2.24) is 5.32 Å². The van der Waals surface area contributed by atoms with Crippen LogP contribution in [-0.4, -0.2) is 64.3 Å². The van der Waals surface area contributed by atoms with Crippen LogP contribution in [0, 0.1) is 17.8 Å². The summed E-state index contributed by atoms with van der Waals surface area (Å²) in [6.45, 7) is 5.18. The van der Waals surface area contributed by atoms with Crippen LogP contribution in [0.4, 0.5) is 0 Å². The molecule has 5 atom stereocenters. The zero-order valence-corrected chi connectivity index (χ0v) is 21.7. The number of Topliss-reactive ketones (excluding diaryl/α,β-unsaturated/α-hetero) is 1. The van der Waals surface area contributed by atoms with Crippen LogP contribution in [0.25, 0.3) is 0 Å². The number of imide groups is 1. The van der Waals surface area contributed by atoms with Gasteiger partial charge in [-0.05, 0) is 44.1 Å². The lowest BCUT2D eigenvalue weighted by atomic mass is 9.87. The van der Waals surface area contributed by atoms with Crippen molar-refractivity contribution in [2.45, 2.75) is 84.0 Å². The molecule has 0 spiro atoms. The summed E-state index contributed by atoms with van der Waals surface area (Å²) in [4.78, 5) is 46.0. The molecule has 0 aromatic carbocycles. The van der Waals surface area contributed by atoms with Gasteiger partial charge in [-0.25, -0.2) is 4.79 Å². The number of carbonyl (C=O) groups excluding carboxylic acids is 3. The Labute approximate surface area is 213 Å². The van der Waals surface area contributed by atoms with E-state index in [1.165, 1.54) is 7.11 Å². The molecule has 2 amide bonds. The van der Waals surface area contributed by atoms with E-state index < -0.39 is 30.2 Å². The van der Waals surface area contributed by atoms with Crippen LogP contribution in [0.5, 0.6) is 0 Å². The highest BCUT2D eigenvalue weighted by atomic mass is 16.5. The van der Waals surface area contributed by atoms with Crippen LogP contribution < -0.4 is 5.32 Å². The summed E-state index contributed by atoms with van der Waals surface area (Å²) >= 11 is 0. The minimum atomic E-state index is -0.994. The van der Waals surface area contributed by atoms with Gasteiger partial charge < -0.3 is 20.1 Å². The van der Waals surface area contributed by atoms with Gasteiger partial charge in [-0.2, -0.15) is 0 Å². The molecule has 0 aromatic rings. The van der Waals surface area contributed by atoms with E-state index in [0.29, 0.717) is 44.1 Å². The number of ketones is 1. The predicted octanol–water partition coefficient (Wildman–Crippen LogP) is 2.71. The fourth-order valence-electron chi connectivity index (χ4n) is 4.27. The number of methoxy groups -OCH3 is 1. The van der Waals surface area contributed by atoms with E-state index in [-0.39, 0.29) is 35.9 Å². The third-order valence-corrected chi connectivity index (χ3v) is 6.47. The Morgan fingerprint density at radius 2 is 1.72 bits per heavy atom. The van der Waals surface area contributed by atoms with E-state index in [1.807, 2.05) is 6.08 Å². The molecular formula is C27H41NO8. The number of hydrogen-bond donors (Lipinski definition) is 4. The first-order valence-corrected chi connectivity index (χ1v) is 12.4. The lowest BCUT2D eigenvalue weighted by Crippen LogP contribution is -2.38. The van der Waals surface area contributed by atoms with Gasteiger partial charge >= 0.3 is 5.97 Å². The molecule has 0 unspecified atom stereocenters. The molecule has 9 nitrogen and oxygen atoms in total. The van der Waals surface area contributed by atoms with Gasteiger partial charge in [-0.1, -0.05) is 38.2 Å². The Bertz CT molecular complexity index is 831. The van der Waals surface area contributed by atoms with Crippen molar-refractivity contribution in [3.63, 3.8) is 0 Å². The number of carboxylic acids is 1. The van der Waals surface area contributed by atoms with Crippen LogP contribution in [0.15, 0.2) is 36.0 Å². The minimum Gasteiger partial charge on any atom is -0.478 e. The largest absolute Gasteiger partial charge is 0.478 e. The first-order chi connectivity index (χ1) is 17.0. The second kappa shape index (κ2) is 16.2.